The summed E-state index contributed by atoms with van der Waals surface area (Å²) in [6.07, 6.45) is 4.02. The predicted octanol–water partition coefficient (Wildman–Crippen LogP) is 3.74. The minimum absolute atomic E-state index is 0.00814. The molecule has 0 radical (unpaired) electrons. The van der Waals surface area contributed by atoms with Crippen LogP contribution in [-0.4, -0.2) is 27.4 Å². The molecule has 4 heteroatoms. The number of nitrogens with zero attached hydrogens (tertiary/aromatic N) is 1. The molecule has 2 N–H and O–H groups in total. The summed E-state index contributed by atoms with van der Waals surface area (Å²) in [7, 11) is 0. The van der Waals surface area contributed by atoms with Gasteiger partial charge in [-0.2, -0.15) is 0 Å². The molecule has 3 aromatic rings. The van der Waals surface area contributed by atoms with Crippen LogP contribution >= 0.6 is 0 Å². The van der Waals surface area contributed by atoms with Crippen LogP contribution in [0, 0.1) is 0 Å². The average molecular weight is 346 g/mol. The van der Waals surface area contributed by atoms with E-state index in [9.17, 15) is 9.90 Å². The van der Waals surface area contributed by atoms with E-state index in [0.29, 0.717) is 18.7 Å². The van der Waals surface area contributed by atoms with Crippen molar-refractivity contribution in [3.63, 3.8) is 0 Å². The zero-order chi connectivity index (χ0) is 17.7. The zero-order valence-electron chi connectivity index (χ0n) is 14.7. The number of aromatic nitrogens is 1. The lowest BCUT2D eigenvalue weighted by Gasteiger charge is -2.32. The van der Waals surface area contributed by atoms with Gasteiger partial charge in [0.2, 0.25) is 0 Å². The molecule has 1 aliphatic heterocycles. The van der Waals surface area contributed by atoms with Gasteiger partial charge in [-0.25, -0.2) is 0 Å². The number of H-pyrrole nitrogens is 1. The van der Waals surface area contributed by atoms with Gasteiger partial charge in [-0.1, -0.05) is 24.3 Å². The molecule has 1 amide bonds. The van der Waals surface area contributed by atoms with Crippen LogP contribution in [0.15, 0.2) is 42.5 Å². The van der Waals surface area contributed by atoms with Crippen molar-refractivity contribution in [3.8, 4) is 0 Å². The molecule has 4 nitrogen and oxygen atoms in total. The molecule has 26 heavy (non-hydrogen) atoms. The fourth-order valence-corrected chi connectivity index (χ4v) is 4.46. The van der Waals surface area contributed by atoms with E-state index in [-0.39, 0.29) is 5.91 Å². The molecule has 1 aliphatic carbocycles. The van der Waals surface area contributed by atoms with Crippen molar-refractivity contribution in [1.29, 1.82) is 0 Å². The molecule has 1 aromatic heterocycles. The lowest BCUT2D eigenvalue weighted by atomic mass is 9.94. The number of benzene rings is 2. The summed E-state index contributed by atoms with van der Waals surface area (Å²) in [5.41, 5.74) is 6.50. The number of aliphatic hydroxyl groups excluding tert-OH is 1. The molecule has 0 unspecified atom stereocenters. The van der Waals surface area contributed by atoms with Crippen molar-refractivity contribution in [3.05, 3.63) is 70.4 Å². The van der Waals surface area contributed by atoms with E-state index in [1.807, 2.05) is 42.5 Å². The van der Waals surface area contributed by atoms with E-state index >= 15 is 0 Å². The van der Waals surface area contributed by atoms with Crippen LogP contribution in [0.4, 0.5) is 0 Å². The second-order valence-corrected chi connectivity index (χ2v) is 7.45. The van der Waals surface area contributed by atoms with E-state index in [0.717, 1.165) is 29.5 Å². The highest BCUT2D eigenvalue weighted by atomic mass is 16.3. The fourth-order valence-electron chi connectivity index (χ4n) is 4.46. The van der Waals surface area contributed by atoms with Crippen molar-refractivity contribution in [2.45, 2.75) is 38.3 Å². The minimum Gasteiger partial charge on any atom is -0.387 e. The molecule has 2 aliphatic rings. The molecule has 0 saturated heterocycles. The maximum Gasteiger partial charge on any atom is 0.254 e. The highest BCUT2D eigenvalue weighted by Crippen LogP contribution is 2.31. The van der Waals surface area contributed by atoms with Gasteiger partial charge >= 0.3 is 0 Å². The second-order valence-electron chi connectivity index (χ2n) is 7.45. The van der Waals surface area contributed by atoms with E-state index in [2.05, 4.69) is 4.98 Å². The third kappa shape index (κ3) is 2.44. The molecule has 5 rings (SSSR count). The number of β-amino-alcohol motifs (C(OH)–C–C–N with tert-alkyl or cyclic N) is 1. The van der Waals surface area contributed by atoms with Crippen LogP contribution in [0.3, 0.4) is 0 Å². The Morgan fingerprint density at radius 1 is 1.12 bits per heavy atom. The van der Waals surface area contributed by atoms with Gasteiger partial charge in [-0.3, -0.25) is 4.79 Å². The van der Waals surface area contributed by atoms with Crippen molar-refractivity contribution in [1.82, 2.24) is 9.88 Å². The minimum atomic E-state index is -0.618. The standard InChI is InChI=1S/C22H22N2O2/c25-21-13-24(12-15-5-1-2-6-16(15)21)22(26)14-9-10-20-18(11-14)17-7-3-4-8-19(17)23-20/h1-2,5-6,9-11,21,23,25H,3-4,7-8,12-13H2/t21-/m0/s1. The SMILES string of the molecule is O=C(c1ccc2[nH]c3c(c2c1)CCCC3)N1Cc2ccccc2[C@@H](O)C1. The largest absolute Gasteiger partial charge is 0.387 e. The monoisotopic (exact) mass is 346 g/mol. The number of hydrogen-bond acceptors (Lipinski definition) is 2. The van der Waals surface area contributed by atoms with Crippen molar-refractivity contribution >= 4 is 16.8 Å². The molecular weight excluding hydrogens is 324 g/mol. The number of hydrogen-bond donors (Lipinski definition) is 2. The van der Waals surface area contributed by atoms with Gasteiger partial charge in [0.1, 0.15) is 0 Å². The topological polar surface area (TPSA) is 56.3 Å². The Hall–Kier alpha value is -2.59. The van der Waals surface area contributed by atoms with Crippen molar-refractivity contribution in [2.75, 3.05) is 6.54 Å². The summed E-state index contributed by atoms with van der Waals surface area (Å²) in [5.74, 6) is -0.00814. The molecule has 1 atom stereocenters. The number of aromatic amines is 1. The van der Waals surface area contributed by atoms with E-state index in [1.165, 1.54) is 29.5 Å². The van der Waals surface area contributed by atoms with E-state index in [4.69, 9.17) is 0 Å². The van der Waals surface area contributed by atoms with E-state index in [1.54, 1.807) is 4.90 Å². The summed E-state index contributed by atoms with van der Waals surface area (Å²) in [6, 6.07) is 13.8. The number of aryl methyl sites for hydroxylation is 2. The Kier molecular flexibility index (Phi) is 3.61. The van der Waals surface area contributed by atoms with Crippen LogP contribution in [0.5, 0.6) is 0 Å². The Bertz CT molecular complexity index is 1000. The van der Waals surface area contributed by atoms with Gasteiger partial charge in [-0.15, -0.1) is 0 Å². The van der Waals surface area contributed by atoms with Gasteiger partial charge in [-0.05, 0) is 60.6 Å². The number of aliphatic hydroxyl groups is 1. The van der Waals surface area contributed by atoms with Crippen molar-refractivity contribution in [2.24, 2.45) is 0 Å². The third-order valence-corrected chi connectivity index (χ3v) is 5.80. The first-order valence-electron chi connectivity index (χ1n) is 9.39. The number of amides is 1. The lowest BCUT2D eigenvalue weighted by Crippen LogP contribution is -2.38. The quantitative estimate of drug-likeness (QED) is 0.705. The van der Waals surface area contributed by atoms with E-state index < -0.39 is 6.10 Å². The smallest absolute Gasteiger partial charge is 0.254 e. The normalized spacial score (nSPS) is 19.3. The van der Waals surface area contributed by atoms with Gasteiger partial charge in [0, 0.05) is 28.7 Å². The van der Waals surface area contributed by atoms with Crippen molar-refractivity contribution < 1.29 is 9.90 Å². The second kappa shape index (κ2) is 5.99. The molecule has 2 heterocycles. The van der Waals surface area contributed by atoms with Gasteiger partial charge in [0.05, 0.1) is 12.6 Å². The Morgan fingerprint density at radius 2 is 1.96 bits per heavy atom. The lowest BCUT2D eigenvalue weighted by molar-refractivity contribution is 0.0550. The Morgan fingerprint density at radius 3 is 2.88 bits per heavy atom. The summed E-state index contributed by atoms with van der Waals surface area (Å²) < 4.78 is 0. The van der Waals surface area contributed by atoms with Gasteiger partial charge < -0.3 is 15.0 Å². The first kappa shape index (κ1) is 15.6. The number of carbonyl (C=O) groups excluding carboxylic acids is 1. The number of nitrogens with one attached hydrogen (secondary N) is 1. The fraction of sp³-hybridized carbons (Fsp3) is 0.318. The first-order valence-corrected chi connectivity index (χ1v) is 9.39. The van der Waals surface area contributed by atoms with Gasteiger partial charge in [0.25, 0.3) is 5.91 Å². The molecular formula is C22H22N2O2. The molecule has 0 fully saturated rings. The summed E-state index contributed by atoms with van der Waals surface area (Å²) in [5, 5.41) is 11.6. The Balaban J connectivity index is 1.49. The van der Waals surface area contributed by atoms with Crippen LogP contribution in [0.1, 0.15) is 51.7 Å². The zero-order valence-corrected chi connectivity index (χ0v) is 14.7. The van der Waals surface area contributed by atoms with Crippen LogP contribution in [0.25, 0.3) is 10.9 Å². The summed E-state index contributed by atoms with van der Waals surface area (Å²) >= 11 is 0. The average Bonchev–Trinajstić information content (AvgIpc) is 3.05. The molecule has 0 saturated carbocycles. The van der Waals surface area contributed by atoms with Crippen LogP contribution in [-0.2, 0) is 19.4 Å². The van der Waals surface area contributed by atoms with Gasteiger partial charge in [0.15, 0.2) is 0 Å². The molecule has 132 valence electrons. The maximum absolute atomic E-state index is 13.1. The van der Waals surface area contributed by atoms with Crippen LogP contribution < -0.4 is 0 Å². The van der Waals surface area contributed by atoms with Crippen LogP contribution in [0.2, 0.25) is 0 Å². The summed E-state index contributed by atoms with van der Waals surface area (Å²) in [4.78, 5) is 18.4. The predicted molar refractivity (Wildman–Crippen MR) is 101 cm³/mol. The maximum atomic E-state index is 13.1. The molecule has 0 spiro atoms. The first-order chi connectivity index (χ1) is 12.7. The number of rotatable bonds is 1. The number of fused-ring (bicyclic) bond motifs is 4. The summed E-state index contributed by atoms with van der Waals surface area (Å²) in [6.45, 7) is 0.897. The Labute approximate surface area is 152 Å². The highest BCUT2D eigenvalue weighted by Gasteiger charge is 2.27. The highest BCUT2D eigenvalue weighted by molar-refractivity contribution is 5.99. The molecule has 2 aromatic carbocycles. The molecule has 0 bridgehead atoms. The third-order valence-electron chi connectivity index (χ3n) is 5.80. The number of carbonyl (C=O) groups is 1.